The molecule has 0 bridgehead atoms. The molecular formula is C7H9LiO3S. The fraction of sp³-hybridized carbons (Fsp3) is 0.857. The minimum atomic E-state index is -0.904. The van der Waals surface area contributed by atoms with Crippen molar-refractivity contribution in [2.75, 3.05) is 24.7 Å². The van der Waals surface area contributed by atoms with E-state index in [4.69, 9.17) is 4.74 Å². The smallest absolute Gasteiger partial charge is 0.550 e. The maximum Gasteiger partial charge on any atom is 1.00 e. The number of carboxylic acids is 1. The van der Waals surface area contributed by atoms with E-state index in [9.17, 15) is 9.90 Å². The summed E-state index contributed by atoms with van der Waals surface area (Å²) in [6.07, 6.45) is 0. The number of carboxylic acid groups (broad SMARTS) is 1. The fourth-order valence-electron chi connectivity index (χ4n) is 1.62. The van der Waals surface area contributed by atoms with Crippen LogP contribution in [-0.2, 0) is 9.53 Å². The molecule has 0 N–H and O–H groups in total. The van der Waals surface area contributed by atoms with Gasteiger partial charge in [-0.1, -0.05) is 0 Å². The molecule has 2 rings (SSSR count). The summed E-state index contributed by atoms with van der Waals surface area (Å²) in [6.45, 7) is 1.22. The Hall–Kier alpha value is 0.377. The quantitative estimate of drug-likeness (QED) is 0.387. The third-order valence-corrected chi connectivity index (χ3v) is 3.82. The minimum Gasteiger partial charge on any atom is -0.550 e. The summed E-state index contributed by atoms with van der Waals surface area (Å²) >= 11 is 1.69. The summed E-state index contributed by atoms with van der Waals surface area (Å²) in [4.78, 5) is 10.6. The van der Waals surface area contributed by atoms with Crippen molar-refractivity contribution in [1.82, 2.24) is 0 Å². The van der Waals surface area contributed by atoms with E-state index in [2.05, 4.69) is 0 Å². The van der Waals surface area contributed by atoms with Crippen LogP contribution in [0.5, 0.6) is 0 Å². The van der Waals surface area contributed by atoms with Gasteiger partial charge in [-0.2, -0.15) is 11.8 Å². The van der Waals surface area contributed by atoms with Crippen molar-refractivity contribution in [1.29, 1.82) is 0 Å². The Balaban J connectivity index is 0.000000720. The van der Waals surface area contributed by atoms with Gasteiger partial charge in [0, 0.05) is 28.8 Å². The van der Waals surface area contributed by atoms with Crippen LogP contribution in [0.2, 0.25) is 0 Å². The van der Waals surface area contributed by atoms with Crippen molar-refractivity contribution in [3.63, 3.8) is 0 Å². The molecule has 1 spiro atoms. The fourth-order valence-corrected chi connectivity index (χ4v) is 3.24. The minimum absolute atomic E-state index is 0. The van der Waals surface area contributed by atoms with E-state index >= 15 is 0 Å². The van der Waals surface area contributed by atoms with Crippen LogP contribution in [0, 0.1) is 11.3 Å². The van der Waals surface area contributed by atoms with E-state index in [0.717, 1.165) is 5.75 Å². The molecule has 3 nitrogen and oxygen atoms in total. The van der Waals surface area contributed by atoms with Gasteiger partial charge in [0.05, 0.1) is 13.2 Å². The van der Waals surface area contributed by atoms with Crippen molar-refractivity contribution in [2.45, 2.75) is 0 Å². The average Bonchev–Trinajstić information content (AvgIpc) is 2.27. The van der Waals surface area contributed by atoms with Gasteiger partial charge in [-0.3, -0.25) is 0 Å². The molecule has 12 heavy (non-hydrogen) atoms. The van der Waals surface area contributed by atoms with Gasteiger partial charge in [0.2, 0.25) is 0 Å². The van der Waals surface area contributed by atoms with E-state index in [-0.39, 0.29) is 30.2 Å². The zero-order valence-electron chi connectivity index (χ0n) is 7.04. The number of hydrogen-bond donors (Lipinski definition) is 0. The van der Waals surface area contributed by atoms with Gasteiger partial charge < -0.3 is 14.6 Å². The van der Waals surface area contributed by atoms with Gasteiger partial charge in [-0.25, -0.2) is 0 Å². The van der Waals surface area contributed by atoms with Crippen LogP contribution in [0.15, 0.2) is 0 Å². The summed E-state index contributed by atoms with van der Waals surface area (Å²) in [6, 6.07) is 0. The number of carbonyl (C=O) groups excluding carboxylic acids is 1. The normalized spacial score (nSPS) is 30.8. The summed E-state index contributed by atoms with van der Waals surface area (Å²) in [5.41, 5.74) is -0.0660. The molecule has 0 radical (unpaired) electrons. The summed E-state index contributed by atoms with van der Waals surface area (Å²) in [5, 5.41) is 10.6. The molecule has 1 unspecified atom stereocenters. The SMILES string of the molecule is O=C([O-])C1CSCC12COC2.[Li+]. The second-order valence-electron chi connectivity index (χ2n) is 3.24. The second kappa shape index (κ2) is 3.63. The number of thioether (sulfide) groups is 1. The molecule has 2 heterocycles. The molecule has 0 saturated carbocycles. The first-order valence-electron chi connectivity index (χ1n) is 3.61. The molecule has 2 aliphatic rings. The van der Waals surface area contributed by atoms with Crippen LogP contribution < -0.4 is 24.0 Å². The van der Waals surface area contributed by atoms with Crippen molar-refractivity contribution in [3.05, 3.63) is 0 Å². The second-order valence-corrected chi connectivity index (χ2v) is 4.27. The number of carbonyl (C=O) groups is 1. The van der Waals surface area contributed by atoms with Crippen LogP contribution in [0.3, 0.4) is 0 Å². The first-order valence-corrected chi connectivity index (χ1v) is 4.76. The summed E-state index contributed by atoms with van der Waals surface area (Å²) in [7, 11) is 0. The third-order valence-electron chi connectivity index (χ3n) is 2.48. The van der Waals surface area contributed by atoms with E-state index in [1.165, 1.54) is 0 Å². The molecule has 62 valence electrons. The van der Waals surface area contributed by atoms with Gasteiger partial charge in [0.1, 0.15) is 0 Å². The number of rotatable bonds is 1. The number of aliphatic carboxylic acids is 1. The van der Waals surface area contributed by atoms with Gasteiger partial charge >= 0.3 is 18.9 Å². The Kier molecular flexibility index (Phi) is 3.16. The molecule has 5 heteroatoms. The maximum atomic E-state index is 10.6. The zero-order valence-corrected chi connectivity index (χ0v) is 7.86. The largest absolute Gasteiger partial charge is 1.00 e. The Morgan fingerprint density at radius 2 is 2.25 bits per heavy atom. The Morgan fingerprint density at radius 3 is 2.58 bits per heavy atom. The van der Waals surface area contributed by atoms with Gasteiger partial charge in [0.25, 0.3) is 0 Å². The molecule has 2 saturated heterocycles. The van der Waals surface area contributed by atoms with Gasteiger partial charge in [-0.05, 0) is 0 Å². The van der Waals surface area contributed by atoms with Crippen LogP contribution >= 0.6 is 11.8 Å². The van der Waals surface area contributed by atoms with Crippen LogP contribution in [-0.4, -0.2) is 30.7 Å². The van der Waals surface area contributed by atoms with Crippen LogP contribution in [0.4, 0.5) is 0 Å². The molecule has 0 aliphatic carbocycles. The molecule has 0 aromatic rings. The Bertz CT molecular complexity index is 193. The number of ether oxygens (including phenoxy) is 1. The Labute approximate surface area is 87.4 Å². The average molecular weight is 180 g/mol. The standard InChI is InChI=1S/C7H10O3S.Li/c8-6(9)5-1-11-4-7(5)2-10-3-7;/h5H,1-4H2,(H,8,9);/q;+1/p-1. The first kappa shape index (κ1) is 10.5. The molecule has 2 fully saturated rings. The van der Waals surface area contributed by atoms with Crippen molar-refractivity contribution in [3.8, 4) is 0 Å². The zero-order chi connectivity index (χ0) is 7.90. The maximum absolute atomic E-state index is 10.6. The molecule has 0 aromatic heterocycles. The molecule has 1 atom stereocenters. The third kappa shape index (κ3) is 1.42. The van der Waals surface area contributed by atoms with Gasteiger partial charge in [0.15, 0.2) is 0 Å². The van der Waals surface area contributed by atoms with Crippen LogP contribution in [0.25, 0.3) is 0 Å². The summed E-state index contributed by atoms with van der Waals surface area (Å²) < 4.78 is 5.04. The van der Waals surface area contributed by atoms with E-state index in [0.29, 0.717) is 19.0 Å². The first-order chi connectivity index (χ1) is 5.25. The van der Waals surface area contributed by atoms with E-state index in [1.54, 1.807) is 11.8 Å². The predicted molar refractivity (Wildman–Crippen MR) is 39.1 cm³/mol. The summed E-state index contributed by atoms with van der Waals surface area (Å²) in [5.74, 6) is 0.441. The molecule has 0 amide bonds. The van der Waals surface area contributed by atoms with Crippen LogP contribution in [0.1, 0.15) is 0 Å². The van der Waals surface area contributed by atoms with Crippen molar-refractivity contribution < 1.29 is 33.5 Å². The predicted octanol–water partition coefficient (Wildman–Crippen LogP) is -3.88. The number of hydrogen-bond acceptors (Lipinski definition) is 4. The van der Waals surface area contributed by atoms with E-state index < -0.39 is 5.97 Å². The molecular weight excluding hydrogens is 171 g/mol. The van der Waals surface area contributed by atoms with E-state index in [1.807, 2.05) is 0 Å². The van der Waals surface area contributed by atoms with Gasteiger partial charge in [-0.15, -0.1) is 0 Å². The monoisotopic (exact) mass is 180 g/mol. The Morgan fingerprint density at radius 1 is 1.58 bits per heavy atom. The topological polar surface area (TPSA) is 49.4 Å². The van der Waals surface area contributed by atoms with Crippen molar-refractivity contribution in [2.24, 2.45) is 11.3 Å². The van der Waals surface area contributed by atoms with Crippen molar-refractivity contribution >= 4 is 17.7 Å². The molecule has 0 aromatic carbocycles. The molecule has 2 aliphatic heterocycles.